The summed E-state index contributed by atoms with van der Waals surface area (Å²) in [5, 5.41) is 0. The number of esters is 1. The monoisotopic (exact) mass is 529 g/mol. The number of aromatic nitrogens is 1. The quantitative estimate of drug-likeness (QED) is 0.358. The zero-order valence-corrected chi connectivity index (χ0v) is 21.9. The molecular weight excluding hydrogens is 495 g/mol. The van der Waals surface area contributed by atoms with E-state index in [0.717, 1.165) is 18.4 Å². The second-order valence-corrected chi connectivity index (χ2v) is 9.82. The average molecular weight is 530 g/mol. The van der Waals surface area contributed by atoms with Crippen molar-refractivity contribution >= 4 is 11.8 Å². The van der Waals surface area contributed by atoms with Gasteiger partial charge >= 0.3 is 12.3 Å². The molecule has 2 heterocycles. The Kier molecular flexibility index (Phi) is 8.76. The number of alkyl halides is 3. The summed E-state index contributed by atoms with van der Waals surface area (Å²) in [5.74, 6) is 0.0636. The van der Waals surface area contributed by atoms with Crippen LogP contribution in [0.3, 0.4) is 0 Å². The van der Waals surface area contributed by atoms with E-state index in [2.05, 4.69) is 31.7 Å². The number of hydrogen-bond acceptors (Lipinski definition) is 6. The van der Waals surface area contributed by atoms with Crippen molar-refractivity contribution in [3.8, 4) is 5.75 Å². The molecule has 2 aliphatic rings. The standard InChI is InChI=1S/C29H34F3N3O3/c1-4-34(18-22-12-8-9-13-25(22)38-29(30,31)32)23-15-17-35(19-23)27-26(28(36)37-20(2)3)24(14-16-33-27)21-10-6-5-7-11-21/h5-10,12-14,16,20-21,23H,4,11,15,17-19H2,1-3H3/t21?,23-/m1/s1. The van der Waals surface area contributed by atoms with Crippen molar-refractivity contribution in [1.29, 1.82) is 0 Å². The highest BCUT2D eigenvalue weighted by Gasteiger charge is 2.35. The van der Waals surface area contributed by atoms with Crippen LogP contribution in [0.15, 0.2) is 60.8 Å². The van der Waals surface area contributed by atoms with Crippen molar-refractivity contribution < 1.29 is 27.4 Å². The molecule has 4 rings (SSSR count). The highest BCUT2D eigenvalue weighted by Crippen LogP contribution is 2.35. The molecule has 1 unspecified atom stereocenters. The number of carbonyl (C=O) groups excluding carboxylic acids is 1. The maximum absolute atomic E-state index is 13.3. The van der Waals surface area contributed by atoms with Gasteiger partial charge in [-0.05, 0) is 50.9 Å². The summed E-state index contributed by atoms with van der Waals surface area (Å²) in [4.78, 5) is 22.2. The molecule has 0 N–H and O–H groups in total. The summed E-state index contributed by atoms with van der Waals surface area (Å²) in [6, 6.07) is 8.20. The molecule has 1 aliphatic heterocycles. The summed E-state index contributed by atoms with van der Waals surface area (Å²) in [6.07, 6.45) is 6.41. The van der Waals surface area contributed by atoms with Gasteiger partial charge < -0.3 is 14.4 Å². The van der Waals surface area contributed by atoms with Crippen molar-refractivity contribution in [3.63, 3.8) is 0 Å². The van der Waals surface area contributed by atoms with E-state index in [4.69, 9.17) is 4.74 Å². The summed E-state index contributed by atoms with van der Waals surface area (Å²) in [6.45, 7) is 7.85. The van der Waals surface area contributed by atoms with E-state index < -0.39 is 12.3 Å². The highest BCUT2D eigenvalue weighted by molar-refractivity contribution is 5.97. The normalized spacial score (nSPS) is 19.4. The third kappa shape index (κ3) is 6.75. The van der Waals surface area contributed by atoms with Crippen LogP contribution < -0.4 is 9.64 Å². The molecule has 0 spiro atoms. The molecule has 6 nitrogen and oxygen atoms in total. The van der Waals surface area contributed by atoms with E-state index in [-0.39, 0.29) is 23.8 Å². The Hall–Kier alpha value is -3.33. The summed E-state index contributed by atoms with van der Waals surface area (Å²) >= 11 is 0. The molecule has 1 aliphatic carbocycles. The number of hydrogen-bond donors (Lipinski definition) is 0. The number of para-hydroxylation sites is 1. The second kappa shape index (κ2) is 12.0. The van der Waals surface area contributed by atoms with Gasteiger partial charge in [0.15, 0.2) is 0 Å². The zero-order chi connectivity index (χ0) is 27.3. The number of rotatable bonds is 9. The smallest absolute Gasteiger partial charge is 0.459 e. The summed E-state index contributed by atoms with van der Waals surface area (Å²) in [7, 11) is 0. The lowest BCUT2D eigenvalue weighted by molar-refractivity contribution is -0.275. The number of nitrogens with zero attached hydrogens (tertiary/aromatic N) is 3. The minimum atomic E-state index is -4.75. The molecule has 0 radical (unpaired) electrons. The molecule has 2 atom stereocenters. The van der Waals surface area contributed by atoms with Crippen LogP contribution in [0, 0.1) is 0 Å². The van der Waals surface area contributed by atoms with Gasteiger partial charge in [-0.3, -0.25) is 4.90 Å². The van der Waals surface area contributed by atoms with Crippen LogP contribution in [-0.2, 0) is 11.3 Å². The van der Waals surface area contributed by atoms with Crippen LogP contribution in [0.4, 0.5) is 19.0 Å². The first-order valence-electron chi connectivity index (χ1n) is 13.0. The zero-order valence-electron chi connectivity index (χ0n) is 21.9. The maximum atomic E-state index is 13.3. The molecular formula is C29H34F3N3O3. The number of ether oxygens (including phenoxy) is 2. The number of halogens is 3. The van der Waals surface area contributed by atoms with Crippen LogP contribution in [0.25, 0.3) is 0 Å². The maximum Gasteiger partial charge on any atom is 0.573 e. The minimum absolute atomic E-state index is 0.0483. The van der Waals surface area contributed by atoms with Crippen molar-refractivity contribution in [2.45, 2.75) is 64.6 Å². The van der Waals surface area contributed by atoms with Crippen LogP contribution in [0.2, 0.25) is 0 Å². The third-order valence-electron chi connectivity index (χ3n) is 6.85. The summed E-state index contributed by atoms with van der Waals surface area (Å²) < 4.78 is 48.7. The fraction of sp³-hybridized carbons (Fsp3) is 0.448. The van der Waals surface area contributed by atoms with Gasteiger partial charge in [-0.2, -0.15) is 0 Å². The highest BCUT2D eigenvalue weighted by atomic mass is 19.4. The lowest BCUT2D eigenvalue weighted by Gasteiger charge is -2.29. The Bertz CT molecular complexity index is 1180. The molecule has 1 aromatic heterocycles. The van der Waals surface area contributed by atoms with Crippen molar-refractivity contribution in [3.05, 3.63) is 77.5 Å². The number of pyridine rings is 1. The molecule has 0 saturated carbocycles. The van der Waals surface area contributed by atoms with Crippen molar-refractivity contribution in [2.75, 3.05) is 24.5 Å². The Morgan fingerprint density at radius 3 is 2.68 bits per heavy atom. The molecule has 38 heavy (non-hydrogen) atoms. The van der Waals surface area contributed by atoms with Crippen molar-refractivity contribution in [2.24, 2.45) is 0 Å². The fourth-order valence-corrected chi connectivity index (χ4v) is 5.12. The van der Waals surface area contributed by atoms with Crippen LogP contribution in [-0.4, -0.2) is 54.0 Å². The Morgan fingerprint density at radius 1 is 1.21 bits per heavy atom. The van der Waals surface area contributed by atoms with Gasteiger partial charge in [0.1, 0.15) is 17.1 Å². The van der Waals surface area contributed by atoms with Crippen LogP contribution >= 0.6 is 0 Å². The van der Waals surface area contributed by atoms with Gasteiger partial charge in [0.05, 0.1) is 6.10 Å². The Balaban J connectivity index is 1.58. The number of anilines is 1. The number of likely N-dealkylation sites (N-methyl/N-ethyl adjacent to an activating group) is 1. The lowest BCUT2D eigenvalue weighted by Crippen LogP contribution is -2.37. The third-order valence-corrected chi connectivity index (χ3v) is 6.85. The van der Waals surface area contributed by atoms with E-state index in [1.807, 2.05) is 39.0 Å². The molecule has 1 fully saturated rings. The van der Waals surface area contributed by atoms with Crippen LogP contribution in [0.1, 0.15) is 61.0 Å². The molecule has 204 valence electrons. The molecule has 1 aromatic carbocycles. The van der Waals surface area contributed by atoms with E-state index in [1.165, 1.54) is 12.1 Å². The van der Waals surface area contributed by atoms with Gasteiger partial charge in [0.2, 0.25) is 0 Å². The second-order valence-electron chi connectivity index (χ2n) is 9.82. The first kappa shape index (κ1) is 27.7. The lowest BCUT2D eigenvalue weighted by atomic mass is 9.89. The van der Waals surface area contributed by atoms with Gasteiger partial charge in [0.25, 0.3) is 0 Å². The van der Waals surface area contributed by atoms with E-state index in [0.29, 0.717) is 43.1 Å². The first-order valence-corrected chi connectivity index (χ1v) is 13.0. The molecule has 2 aromatic rings. The SMILES string of the molecule is CCN(Cc1ccccc1OC(F)(F)F)[C@@H]1CCN(c2nccc(C3C=CC=CC3)c2C(=O)OC(C)C)C1. The predicted molar refractivity (Wildman–Crippen MR) is 140 cm³/mol. The summed E-state index contributed by atoms with van der Waals surface area (Å²) in [5.41, 5.74) is 1.85. The topological polar surface area (TPSA) is 54.9 Å². The number of allylic oxidation sites excluding steroid dienone is 4. The Morgan fingerprint density at radius 2 is 2.00 bits per heavy atom. The first-order chi connectivity index (χ1) is 18.2. The van der Waals surface area contributed by atoms with E-state index in [1.54, 1.807) is 18.3 Å². The number of carbonyl (C=O) groups is 1. The fourth-order valence-electron chi connectivity index (χ4n) is 5.12. The Labute approximate surface area is 221 Å². The van der Waals surface area contributed by atoms with Gasteiger partial charge in [-0.25, -0.2) is 9.78 Å². The average Bonchev–Trinajstić information content (AvgIpc) is 3.37. The molecule has 1 saturated heterocycles. The van der Waals surface area contributed by atoms with Gasteiger partial charge in [-0.1, -0.05) is 49.4 Å². The molecule has 0 amide bonds. The molecule has 9 heteroatoms. The minimum Gasteiger partial charge on any atom is -0.459 e. The van der Waals surface area contributed by atoms with Crippen LogP contribution in [0.5, 0.6) is 5.75 Å². The predicted octanol–water partition coefficient (Wildman–Crippen LogP) is 6.25. The van der Waals surface area contributed by atoms with E-state index >= 15 is 0 Å². The van der Waals surface area contributed by atoms with E-state index in [9.17, 15) is 18.0 Å². The number of benzene rings is 1. The van der Waals surface area contributed by atoms with Crippen molar-refractivity contribution in [1.82, 2.24) is 9.88 Å². The van der Waals surface area contributed by atoms with Gasteiger partial charge in [0, 0.05) is 43.4 Å². The largest absolute Gasteiger partial charge is 0.573 e. The molecule has 0 bridgehead atoms. The van der Waals surface area contributed by atoms with Gasteiger partial charge in [-0.15, -0.1) is 13.2 Å².